The SMILES string of the molecule is CN=C(NCc1cccc(F)c1)NCC(c1ccc(F)cc1)N(C)C.I. The average Bonchev–Trinajstić information content (AvgIpc) is 2.59. The Balaban J connectivity index is 0.00000338. The van der Waals surface area contributed by atoms with E-state index in [9.17, 15) is 8.78 Å². The monoisotopic (exact) mass is 474 g/mol. The summed E-state index contributed by atoms with van der Waals surface area (Å²) >= 11 is 0. The van der Waals surface area contributed by atoms with Crippen molar-refractivity contribution in [3.8, 4) is 0 Å². The largest absolute Gasteiger partial charge is 0.354 e. The van der Waals surface area contributed by atoms with Gasteiger partial charge in [-0.25, -0.2) is 8.78 Å². The highest BCUT2D eigenvalue weighted by atomic mass is 127. The highest BCUT2D eigenvalue weighted by molar-refractivity contribution is 14.0. The second kappa shape index (κ2) is 11.1. The smallest absolute Gasteiger partial charge is 0.191 e. The highest BCUT2D eigenvalue weighted by Gasteiger charge is 2.14. The van der Waals surface area contributed by atoms with Gasteiger partial charge in [-0.1, -0.05) is 24.3 Å². The molecule has 0 aliphatic rings. The van der Waals surface area contributed by atoms with Crippen LogP contribution in [0.15, 0.2) is 53.5 Å². The lowest BCUT2D eigenvalue weighted by atomic mass is 10.1. The highest BCUT2D eigenvalue weighted by Crippen LogP contribution is 2.17. The Hall–Kier alpha value is -1.74. The molecule has 2 aromatic rings. The number of hydrogen-bond acceptors (Lipinski definition) is 2. The summed E-state index contributed by atoms with van der Waals surface area (Å²) in [6, 6.07) is 13.0. The van der Waals surface area contributed by atoms with E-state index in [1.807, 2.05) is 20.2 Å². The molecule has 1 atom stereocenters. The van der Waals surface area contributed by atoms with Crippen LogP contribution in [0.25, 0.3) is 0 Å². The van der Waals surface area contributed by atoms with E-state index in [1.165, 1.54) is 24.3 Å². The summed E-state index contributed by atoms with van der Waals surface area (Å²) in [7, 11) is 5.63. The molecule has 26 heavy (non-hydrogen) atoms. The van der Waals surface area contributed by atoms with Crippen molar-refractivity contribution in [1.82, 2.24) is 15.5 Å². The van der Waals surface area contributed by atoms with Gasteiger partial charge in [0.1, 0.15) is 11.6 Å². The number of rotatable bonds is 6. The van der Waals surface area contributed by atoms with Crippen molar-refractivity contribution in [1.29, 1.82) is 0 Å². The summed E-state index contributed by atoms with van der Waals surface area (Å²) in [5.74, 6) is 0.117. The minimum Gasteiger partial charge on any atom is -0.354 e. The maximum atomic E-state index is 13.2. The maximum Gasteiger partial charge on any atom is 0.191 e. The number of nitrogens with zero attached hydrogens (tertiary/aromatic N) is 2. The van der Waals surface area contributed by atoms with E-state index < -0.39 is 0 Å². The summed E-state index contributed by atoms with van der Waals surface area (Å²) in [5, 5.41) is 6.42. The van der Waals surface area contributed by atoms with Crippen LogP contribution in [0.2, 0.25) is 0 Å². The number of guanidine groups is 1. The first kappa shape index (κ1) is 22.3. The first-order valence-corrected chi connectivity index (χ1v) is 8.10. The third-order valence-electron chi connectivity index (χ3n) is 3.91. The number of benzene rings is 2. The molecule has 0 heterocycles. The van der Waals surface area contributed by atoms with Crippen LogP contribution < -0.4 is 10.6 Å². The van der Waals surface area contributed by atoms with E-state index in [4.69, 9.17) is 0 Å². The Morgan fingerprint density at radius 1 is 1.04 bits per heavy atom. The van der Waals surface area contributed by atoms with E-state index >= 15 is 0 Å². The van der Waals surface area contributed by atoms with Crippen LogP contribution in [0.1, 0.15) is 17.2 Å². The van der Waals surface area contributed by atoms with Gasteiger partial charge in [-0.15, -0.1) is 24.0 Å². The summed E-state index contributed by atoms with van der Waals surface area (Å²) in [6.45, 7) is 1.07. The molecule has 0 aromatic heterocycles. The third kappa shape index (κ3) is 6.87. The molecule has 0 fully saturated rings. The predicted octanol–water partition coefficient (Wildman–Crippen LogP) is 3.55. The van der Waals surface area contributed by atoms with E-state index in [0.717, 1.165) is 11.1 Å². The number of hydrogen-bond donors (Lipinski definition) is 2. The van der Waals surface area contributed by atoms with Gasteiger partial charge in [0.15, 0.2) is 5.96 Å². The van der Waals surface area contributed by atoms with Gasteiger partial charge in [0.2, 0.25) is 0 Å². The van der Waals surface area contributed by atoms with E-state index in [0.29, 0.717) is 19.0 Å². The number of nitrogens with one attached hydrogen (secondary N) is 2. The molecule has 4 nitrogen and oxygen atoms in total. The fourth-order valence-electron chi connectivity index (χ4n) is 2.53. The zero-order chi connectivity index (χ0) is 18.2. The van der Waals surface area contributed by atoms with Crippen LogP contribution in [0.5, 0.6) is 0 Å². The van der Waals surface area contributed by atoms with Crippen molar-refractivity contribution in [2.24, 2.45) is 4.99 Å². The van der Waals surface area contributed by atoms with Crippen LogP contribution in [-0.2, 0) is 6.54 Å². The molecule has 2 N–H and O–H groups in total. The fraction of sp³-hybridized carbons (Fsp3) is 0.316. The zero-order valence-corrected chi connectivity index (χ0v) is 17.5. The van der Waals surface area contributed by atoms with Gasteiger partial charge < -0.3 is 15.5 Å². The van der Waals surface area contributed by atoms with Crippen LogP contribution in [0.3, 0.4) is 0 Å². The molecular formula is C19H25F2IN4. The predicted molar refractivity (Wildman–Crippen MR) is 113 cm³/mol. The lowest BCUT2D eigenvalue weighted by molar-refractivity contribution is 0.298. The lowest BCUT2D eigenvalue weighted by Crippen LogP contribution is -2.41. The van der Waals surface area contributed by atoms with Gasteiger partial charge in [0.05, 0.1) is 6.04 Å². The van der Waals surface area contributed by atoms with Crippen molar-refractivity contribution in [2.45, 2.75) is 12.6 Å². The minimum atomic E-state index is -0.258. The molecule has 0 bridgehead atoms. The topological polar surface area (TPSA) is 39.7 Å². The third-order valence-corrected chi connectivity index (χ3v) is 3.91. The molecule has 0 spiro atoms. The summed E-state index contributed by atoms with van der Waals surface area (Å²) in [6.07, 6.45) is 0. The van der Waals surface area contributed by atoms with E-state index in [1.54, 1.807) is 25.2 Å². The van der Waals surface area contributed by atoms with Gasteiger partial charge in [0.25, 0.3) is 0 Å². The Morgan fingerprint density at radius 2 is 1.73 bits per heavy atom. The first-order chi connectivity index (χ1) is 12.0. The van der Waals surface area contributed by atoms with Crippen molar-refractivity contribution in [2.75, 3.05) is 27.7 Å². The first-order valence-electron chi connectivity index (χ1n) is 8.10. The maximum absolute atomic E-state index is 13.2. The summed E-state index contributed by atoms with van der Waals surface area (Å²) in [5.41, 5.74) is 1.85. The van der Waals surface area contributed by atoms with Gasteiger partial charge in [-0.3, -0.25) is 4.99 Å². The van der Waals surface area contributed by atoms with Crippen LogP contribution in [-0.4, -0.2) is 38.5 Å². The van der Waals surface area contributed by atoms with Crippen molar-refractivity contribution in [3.05, 3.63) is 71.3 Å². The Bertz CT molecular complexity index is 705. The zero-order valence-electron chi connectivity index (χ0n) is 15.2. The minimum absolute atomic E-state index is 0. The molecule has 0 saturated heterocycles. The fourth-order valence-corrected chi connectivity index (χ4v) is 2.53. The van der Waals surface area contributed by atoms with Gasteiger partial charge in [-0.05, 0) is 49.5 Å². The molecule has 0 radical (unpaired) electrons. The molecule has 2 rings (SSSR count). The number of likely N-dealkylation sites (N-methyl/N-ethyl adjacent to an activating group) is 1. The molecule has 0 amide bonds. The molecule has 0 aliphatic carbocycles. The van der Waals surface area contributed by atoms with E-state index in [-0.39, 0.29) is 41.7 Å². The van der Waals surface area contributed by atoms with Crippen molar-refractivity contribution in [3.63, 3.8) is 0 Å². The molecular weight excluding hydrogens is 449 g/mol. The quantitative estimate of drug-likeness (QED) is 0.382. The van der Waals surface area contributed by atoms with Gasteiger partial charge >= 0.3 is 0 Å². The average molecular weight is 474 g/mol. The molecule has 0 aliphatic heterocycles. The Labute approximate surface area is 170 Å². The Morgan fingerprint density at radius 3 is 2.31 bits per heavy atom. The summed E-state index contributed by atoms with van der Waals surface area (Å²) < 4.78 is 26.4. The Kier molecular flexibility index (Phi) is 9.50. The summed E-state index contributed by atoms with van der Waals surface area (Å²) in [4.78, 5) is 6.24. The number of aliphatic imine (C=N–C) groups is 1. The molecule has 142 valence electrons. The lowest BCUT2D eigenvalue weighted by Gasteiger charge is -2.26. The van der Waals surface area contributed by atoms with Crippen molar-refractivity contribution >= 4 is 29.9 Å². The van der Waals surface area contributed by atoms with Crippen LogP contribution in [0.4, 0.5) is 8.78 Å². The normalized spacial score (nSPS) is 12.5. The van der Waals surface area contributed by atoms with Crippen molar-refractivity contribution < 1.29 is 8.78 Å². The molecule has 1 unspecified atom stereocenters. The van der Waals surface area contributed by atoms with Crippen LogP contribution in [0, 0.1) is 11.6 Å². The second-order valence-corrected chi connectivity index (χ2v) is 5.97. The van der Waals surface area contributed by atoms with Gasteiger partial charge in [0, 0.05) is 20.1 Å². The molecule has 2 aromatic carbocycles. The molecule has 7 heteroatoms. The second-order valence-electron chi connectivity index (χ2n) is 5.97. The standard InChI is InChI=1S/C19H24F2N4.HI/c1-22-19(23-12-14-5-4-6-17(21)11-14)24-13-18(25(2)3)15-7-9-16(20)10-8-15;/h4-11,18H,12-13H2,1-3H3,(H2,22,23,24);1H. The molecule has 0 saturated carbocycles. The van der Waals surface area contributed by atoms with Crippen LogP contribution >= 0.6 is 24.0 Å². The van der Waals surface area contributed by atoms with E-state index in [2.05, 4.69) is 20.5 Å². The van der Waals surface area contributed by atoms with Gasteiger partial charge in [-0.2, -0.15) is 0 Å². The number of halogens is 3.